The molecule has 1 amide bonds. The van der Waals surface area contributed by atoms with Gasteiger partial charge in [-0.2, -0.15) is 0 Å². The smallest absolute Gasteiger partial charge is 0.268 e. The average Bonchev–Trinajstić information content (AvgIpc) is 2.69. The quantitative estimate of drug-likeness (QED) is 0.808. The van der Waals surface area contributed by atoms with Gasteiger partial charge in [0, 0.05) is 20.6 Å². The Morgan fingerprint density at radius 3 is 2.76 bits per heavy atom. The van der Waals surface area contributed by atoms with Crippen LogP contribution in [0.3, 0.4) is 0 Å². The molecule has 0 aliphatic heterocycles. The average molecular weight is 252 g/mol. The predicted octanol–water partition coefficient (Wildman–Crippen LogP) is 0.887. The number of thiazole rings is 1. The summed E-state index contributed by atoms with van der Waals surface area (Å²) in [5, 5.41) is 0.738. The first-order chi connectivity index (χ1) is 8.01. The van der Waals surface area contributed by atoms with E-state index in [1.165, 1.54) is 16.2 Å². The van der Waals surface area contributed by atoms with Crippen LogP contribution in [0.15, 0.2) is 0 Å². The number of carbonyl (C=O) groups excluding carboxylic acids is 1. The van der Waals surface area contributed by atoms with Crippen molar-refractivity contribution in [2.45, 2.75) is 6.92 Å². The Labute approximate surface area is 105 Å². The second-order valence-corrected chi connectivity index (χ2v) is 4.57. The Balaban J connectivity index is 2.96. The lowest BCUT2D eigenvalue weighted by molar-refractivity contribution is 0.0818. The normalized spacial score (nSPS) is 9.76. The number of nitrogen functional groups attached to an aromatic ring is 1. The Morgan fingerprint density at radius 2 is 2.24 bits per heavy atom. The summed E-state index contributed by atoms with van der Waals surface area (Å²) in [5.74, 6) is 2.49. The molecule has 2 N–H and O–H groups in total. The van der Waals surface area contributed by atoms with E-state index < -0.39 is 0 Å². The lowest BCUT2D eigenvalue weighted by atomic mass is 10.4. The molecule has 0 unspecified atom stereocenters. The second kappa shape index (κ2) is 5.55. The van der Waals surface area contributed by atoms with Crippen molar-refractivity contribution in [1.29, 1.82) is 0 Å². The van der Waals surface area contributed by atoms with Crippen molar-refractivity contribution in [2.75, 3.05) is 37.8 Å². The third-order valence-corrected chi connectivity index (χ3v) is 3.49. The molecular formula is C11H16N4OS. The van der Waals surface area contributed by atoms with Gasteiger partial charge in [-0.05, 0) is 6.92 Å². The van der Waals surface area contributed by atoms with Crippen molar-refractivity contribution in [3.8, 4) is 12.3 Å². The van der Waals surface area contributed by atoms with Crippen molar-refractivity contribution >= 4 is 28.2 Å². The number of hydrogen-bond acceptors (Lipinski definition) is 5. The molecule has 0 saturated carbocycles. The van der Waals surface area contributed by atoms with Gasteiger partial charge in [-0.15, -0.1) is 6.42 Å². The summed E-state index contributed by atoms with van der Waals surface area (Å²) < 4.78 is 0. The van der Waals surface area contributed by atoms with Gasteiger partial charge in [-0.3, -0.25) is 4.79 Å². The third kappa shape index (κ3) is 2.88. The van der Waals surface area contributed by atoms with Crippen LogP contribution in [0.5, 0.6) is 0 Å². The minimum absolute atomic E-state index is 0.186. The van der Waals surface area contributed by atoms with Crippen LogP contribution in [0.1, 0.15) is 16.6 Å². The lowest BCUT2D eigenvalue weighted by Crippen LogP contribution is -2.26. The molecule has 0 fully saturated rings. The van der Waals surface area contributed by atoms with Gasteiger partial charge in [0.2, 0.25) is 0 Å². The first-order valence-electron chi connectivity index (χ1n) is 5.17. The minimum atomic E-state index is -0.186. The minimum Gasteiger partial charge on any atom is -0.382 e. The highest BCUT2D eigenvalue weighted by Gasteiger charge is 2.20. The van der Waals surface area contributed by atoms with Crippen LogP contribution < -0.4 is 10.6 Å². The second-order valence-electron chi connectivity index (χ2n) is 3.59. The third-order valence-electron chi connectivity index (χ3n) is 2.31. The van der Waals surface area contributed by atoms with E-state index in [1.807, 2.05) is 18.9 Å². The van der Waals surface area contributed by atoms with Crippen LogP contribution in [0.25, 0.3) is 0 Å². The highest BCUT2D eigenvalue weighted by molar-refractivity contribution is 7.18. The lowest BCUT2D eigenvalue weighted by Gasteiger charge is -2.12. The van der Waals surface area contributed by atoms with Crippen molar-refractivity contribution in [3.05, 3.63) is 4.88 Å². The van der Waals surface area contributed by atoms with Crippen LogP contribution in [0, 0.1) is 12.3 Å². The zero-order valence-electron chi connectivity index (χ0n) is 10.2. The molecule has 0 bridgehead atoms. The fourth-order valence-corrected chi connectivity index (χ4v) is 2.16. The topological polar surface area (TPSA) is 62.5 Å². The molecule has 92 valence electrons. The van der Waals surface area contributed by atoms with Crippen molar-refractivity contribution in [1.82, 2.24) is 9.88 Å². The van der Waals surface area contributed by atoms with Gasteiger partial charge in [-0.1, -0.05) is 17.3 Å². The number of amides is 1. The van der Waals surface area contributed by atoms with Gasteiger partial charge >= 0.3 is 0 Å². The van der Waals surface area contributed by atoms with Crippen LogP contribution in [0.4, 0.5) is 10.9 Å². The zero-order chi connectivity index (χ0) is 13.0. The molecular weight excluding hydrogens is 236 g/mol. The fourth-order valence-electron chi connectivity index (χ4n) is 1.15. The molecule has 0 atom stereocenters. The van der Waals surface area contributed by atoms with Gasteiger partial charge in [0.1, 0.15) is 10.7 Å². The van der Waals surface area contributed by atoms with E-state index in [0.717, 1.165) is 11.7 Å². The van der Waals surface area contributed by atoms with Crippen molar-refractivity contribution in [3.63, 3.8) is 0 Å². The van der Waals surface area contributed by atoms with Crippen LogP contribution in [0.2, 0.25) is 0 Å². The fraction of sp³-hybridized carbons (Fsp3) is 0.455. The van der Waals surface area contributed by atoms with E-state index >= 15 is 0 Å². The number of nitrogens with zero attached hydrogens (tertiary/aromatic N) is 3. The number of carbonyl (C=O) groups is 1. The summed E-state index contributed by atoms with van der Waals surface area (Å²) in [6, 6.07) is 0. The first-order valence-corrected chi connectivity index (χ1v) is 5.99. The van der Waals surface area contributed by atoms with Gasteiger partial charge in [0.15, 0.2) is 5.13 Å². The molecule has 0 radical (unpaired) electrons. The predicted molar refractivity (Wildman–Crippen MR) is 71.3 cm³/mol. The van der Waals surface area contributed by atoms with E-state index in [2.05, 4.69) is 10.9 Å². The molecule has 5 nitrogen and oxygen atoms in total. The van der Waals surface area contributed by atoms with Gasteiger partial charge in [0.05, 0.1) is 6.54 Å². The number of nitrogens with two attached hydrogens (primary N) is 1. The van der Waals surface area contributed by atoms with E-state index in [0.29, 0.717) is 4.88 Å². The summed E-state index contributed by atoms with van der Waals surface area (Å²) in [6.45, 7) is 3.07. The molecule has 6 heteroatoms. The standard InChI is InChI=1S/C11H16N4OS/c1-5-7-15(4)10(16)8-9(12)13-11(17-8)14(3)6-2/h1H,6-7,12H2,2-4H3. The van der Waals surface area contributed by atoms with Crippen molar-refractivity contribution in [2.24, 2.45) is 0 Å². The van der Waals surface area contributed by atoms with E-state index in [1.54, 1.807) is 7.05 Å². The molecule has 0 spiro atoms. The molecule has 1 rings (SSSR count). The maximum Gasteiger partial charge on any atom is 0.268 e. The molecule has 0 saturated heterocycles. The number of terminal acetylenes is 1. The summed E-state index contributed by atoms with van der Waals surface area (Å²) in [5.41, 5.74) is 5.74. The number of hydrogen-bond donors (Lipinski definition) is 1. The van der Waals surface area contributed by atoms with Crippen LogP contribution >= 0.6 is 11.3 Å². The maximum absolute atomic E-state index is 12.0. The summed E-state index contributed by atoms with van der Waals surface area (Å²) >= 11 is 1.28. The first kappa shape index (κ1) is 13.3. The summed E-state index contributed by atoms with van der Waals surface area (Å²) in [7, 11) is 3.54. The molecule has 0 aliphatic rings. The molecule has 0 aliphatic carbocycles. The van der Waals surface area contributed by atoms with E-state index in [4.69, 9.17) is 12.2 Å². The van der Waals surface area contributed by atoms with Gasteiger partial charge in [-0.25, -0.2) is 4.98 Å². The monoisotopic (exact) mass is 252 g/mol. The Bertz CT molecular complexity index is 449. The molecule has 0 aromatic carbocycles. The molecule has 1 aromatic rings. The largest absolute Gasteiger partial charge is 0.382 e. The summed E-state index contributed by atoms with van der Waals surface area (Å²) in [6.07, 6.45) is 5.16. The van der Waals surface area contributed by atoms with Crippen LogP contribution in [-0.2, 0) is 0 Å². The highest BCUT2D eigenvalue weighted by Crippen LogP contribution is 2.28. The highest BCUT2D eigenvalue weighted by atomic mass is 32.1. The molecule has 1 aromatic heterocycles. The number of rotatable bonds is 4. The van der Waals surface area contributed by atoms with Crippen molar-refractivity contribution < 1.29 is 4.79 Å². The number of aromatic nitrogens is 1. The maximum atomic E-state index is 12.0. The van der Waals surface area contributed by atoms with E-state index in [9.17, 15) is 4.79 Å². The SMILES string of the molecule is C#CCN(C)C(=O)c1sc(N(C)CC)nc1N. The number of anilines is 2. The Kier molecular flexibility index (Phi) is 4.35. The Morgan fingerprint density at radius 1 is 1.59 bits per heavy atom. The Hall–Kier alpha value is -1.74. The molecule has 1 heterocycles. The van der Waals surface area contributed by atoms with Gasteiger partial charge < -0.3 is 15.5 Å². The summed E-state index contributed by atoms with van der Waals surface area (Å²) in [4.78, 5) is 20.0. The zero-order valence-corrected chi connectivity index (χ0v) is 11.0. The van der Waals surface area contributed by atoms with Gasteiger partial charge in [0.25, 0.3) is 5.91 Å². The van der Waals surface area contributed by atoms with Crippen LogP contribution in [-0.4, -0.2) is 43.0 Å². The van der Waals surface area contributed by atoms with E-state index in [-0.39, 0.29) is 18.3 Å². The molecule has 17 heavy (non-hydrogen) atoms.